The lowest BCUT2D eigenvalue weighted by molar-refractivity contribution is -0.131. The third kappa shape index (κ3) is 4.58. The van der Waals surface area contributed by atoms with Gasteiger partial charge in [-0.2, -0.15) is 0 Å². The number of hydrogen-bond donors (Lipinski definition) is 2. The van der Waals surface area contributed by atoms with E-state index < -0.39 is 31.9 Å². The maximum atomic E-state index is 14.8. The van der Waals surface area contributed by atoms with Crippen LogP contribution in [0.4, 0.5) is 4.39 Å². The maximum absolute atomic E-state index is 14.8. The molecule has 0 spiro atoms. The van der Waals surface area contributed by atoms with Crippen molar-refractivity contribution in [3.63, 3.8) is 0 Å². The number of aromatic nitrogens is 3. The Kier molecular flexibility index (Phi) is 6.51. The molecule has 0 bridgehead atoms. The van der Waals surface area contributed by atoms with Gasteiger partial charge in [0, 0.05) is 48.6 Å². The summed E-state index contributed by atoms with van der Waals surface area (Å²) in [6, 6.07) is 9.49. The second-order valence-corrected chi connectivity index (χ2v) is 9.86. The molecule has 2 N–H and O–H groups in total. The van der Waals surface area contributed by atoms with Crippen LogP contribution >= 0.6 is 0 Å². The molecule has 1 atom stereocenters. The average molecular weight is 460 g/mol. The van der Waals surface area contributed by atoms with Gasteiger partial charge >= 0.3 is 0 Å². The van der Waals surface area contributed by atoms with Crippen molar-refractivity contribution in [1.82, 2.24) is 20.0 Å². The third-order valence-electron chi connectivity index (χ3n) is 5.33. The molecule has 3 aromatic rings. The summed E-state index contributed by atoms with van der Waals surface area (Å²) in [6.45, 7) is 0.874. The van der Waals surface area contributed by atoms with Crippen LogP contribution in [0, 0.1) is 5.82 Å². The van der Waals surface area contributed by atoms with Gasteiger partial charge in [0.2, 0.25) is 0 Å². The van der Waals surface area contributed by atoms with E-state index in [1.165, 1.54) is 5.48 Å². The molecular weight excluding hydrogens is 439 g/mol. The van der Waals surface area contributed by atoms with E-state index in [4.69, 9.17) is 5.21 Å². The van der Waals surface area contributed by atoms with Crippen LogP contribution in [0.5, 0.6) is 0 Å². The van der Waals surface area contributed by atoms with Crippen molar-refractivity contribution in [1.29, 1.82) is 0 Å². The number of halogens is 1. The Hall–Kier alpha value is -3.44. The minimum absolute atomic E-state index is 0.0748. The molecule has 2 aromatic heterocycles. The van der Waals surface area contributed by atoms with Crippen molar-refractivity contribution >= 4 is 15.7 Å². The number of rotatable bonds is 7. The Morgan fingerprint density at radius 3 is 2.34 bits per heavy atom. The van der Waals surface area contributed by atoms with E-state index in [0.29, 0.717) is 11.4 Å². The molecule has 2 heterocycles. The van der Waals surface area contributed by atoms with Crippen LogP contribution in [-0.4, -0.2) is 45.1 Å². The van der Waals surface area contributed by atoms with E-state index in [1.54, 1.807) is 42.7 Å². The quantitative estimate of drug-likeness (QED) is 0.406. The van der Waals surface area contributed by atoms with Gasteiger partial charge < -0.3 is 4.57 Å². The van der Waals surface area contributed by atoms with Crippen molar-refractivity contribution in [2.75, 3.05) is 6.26 Å². The standard InChI is InChI=1S/C21H21FN4O5S/c1-21(20(28)25-29,32(2,30)31)8-11-26-13-17(22)16(12-18(26)27)14-4-6-15(7-5-14)19-23-9-3-10-24-19/h3-7,9-10,12-13,29H,8,11H2,1-2H3,(H,25,28). The highest BCUT2D eigenvalue weighted by Crippen LogP contribution is 2.25. The van der Waals surface area contributed by atoms with Crippen LogP contribution in [-0.2, 0) is 21.2 Å². The van der Waals surface area contributed by atoms with Gasteiger partial charge in [-0.1, -0.05) is 24.3 Å². The summed E-state index contributed by atoms with van der Waals surface area (Å²) in [7, 11) is -3.94. The Bertz CT molecular complexity index is 1290. The summed E-state index contributed by atoms with van der Waals surface area (Å²) in [6.07, 6.45) is 4.68. The molecule has 9 nitrogen and oxygen atoms in total. The molecule has 0 radical (unpaired) electrons. The van der Waals surface area contributed by atoms with Crippen molar-refractivity contribution < 1.29 is 22.8 Å². The topological polar surface area (TPSA) is 131 Å². The fraction of sp³-hybridized carbons (Fsp3) is 0.238. The highest BCUT2D eigenvalue weighted by atomic mass is 32.2. The molecule has 32 heavy (non-hydrogen) atoms. The van der Waals surface area contributed by atoms with E-state index in [9.17, 15) is 22.4 Å². The monoisotopic (exact) mass is 460 g/mol. The number of pyridine rings is 1. The van der Waals surface area contributed by atoms with Crippen molar-refractivity contribution in [2.24, 2.45) is 0 Å². The summed E-state index contributed by atoms with van der Waals surface area (Å²) >= 11 is 0. The largest absolute Gasteiger partial charge is 0.312 e. The molecule has 1 amide bonds. The van der Waals surface area contributed by atoms with Crippen LogP contribution in [0.25, 0.3) is 22.5 Å². The van der Waals surface area contributed by atoms with E-state index in [0.717, 1.165) is 35.6 Å². The number of aryl methyl sites for hydroxylation is 1. The molecule has 0 saturated carbocycles. The van der Waals surface area contributed by atoms with Gasteiger partial charge in [0.05, 0.1) is 0 Å². The lowest BCUT2D eigenvalue weighted by Crippen LogP contribution is -2.50. The van der Waals surface area contributed by atoms with E-state index in [1.807, 2.05) is 0 Å². The number of hydrogen-bond acceptors (Lipinski definition) is 7. The summed E-state index contributed by atoms with van der Waals surface area (Å²) in [5.74, 6) is -1.32. The Morgan fingerprint density at radius 1 is 1.19 bits per heavy atom. The number of hydroxylamine groups is 1. The lowest BCUT2D eigenvalue weighted by Gasteiger charge is -2.25. The average Bonchev–Trinajstić information content (AvgIpc) is 2.78. The molecular formula is C21H21FN4O5S. The highest BCUT2D eigenvalue weighted by Gasteiger charge is 2.43. The third-order valence-corrected chi connectivity index (χ3v) is 7.35. The number of nitrogens with one attached hydrogen (secondary N) is 1. The first kappa shape index (κ1) is 23.2. The zero-order valence-electron chi connectivity index (χ0n) is 17.3. The Labute approximate surface area is 183 Å². The Morgan fingerprint density at radius 2 is 1.78 bits per heavy atom. The van der Waals surface area contributed by atoms with Crippen molar-refractivity contribution in [3.8, 4) is 22.5 Å². The lowest BCUT2D eigenvalue weighted by atomic mass is 10.0. The number of amides is 1. The van der Waals surface area contributed by atoms with Gasteiger partial charge in [-0.25, -0.2) is 28.3 Å². The van der Waals surface area contributed by atoms with Gasteiger partial charge in [0.1, 0.15) is 5.82 Å². The van der Waals surface area contributed by atoms with Crippen LogP contribution in [0.15, 0.2) is 59.8 Å². The SMILES string of the molecule is CC(CCn1cc(F)c(-c2ccc(-c3ncccn3)cc2)cc1=O)(C(=O)NO)S(C)(=O)=O. The molecule has 1 unspecified atom stereocenters. The molecule has 0 saturated heterocycles. The van der Waals surface area contributed by atoms with Crippen LogP contribution in [0.2, 0.25) is 0 Å². The van der Waals surface area contributed by atoms with Crippen LogP contribution in [0.3, 0.4) is 0 Å². The molecule has 3 rings (SSSR count). The fourth-order valence-corrected chi connectivity index (χ4v) is 3.95. The minimum atomic E-state index is -3.94. The van der Waals surface area contributed by atoms with E-state index in [2.05, 4.69) is 9.97 Å². The fourth-order valence-electron chi connectivity index (χ4n) is 3.11. The first-order valence-corrected chi connectivity index (χ1v) is 11.4. The van der Waals surface area contributed by atoms with Crippen molar-refractivity contribution in [3.05, 3.63) is 71.2 Å². The number of benzene rings is 1. The van der Waals surface area contributed by atoms with Gasteiger partial charge in [0.25, 0.3) is 11.5 Å². The van der Waals surface area contributed by atoms with Gasteiger partial charge in [-0.15, -0.1) is 0 Å². The van der Waals surface area contributed by atoms with Crippen molar-refractivity contribution in [2.45, 2.75) is 24.6 Å². The van der Waals surface area contributed by atoms with Gasteiger partial charge in [0.15, 0.2) is 20.4 Å². The van der Waals surface area contributed by atoms with E-state index >= 15 is 0 Å². The van der Waals surface area contributed by atoms with E-state index in [-0.39, 0.29) is 18.5 Å². The number of sulfone groups is 1. The van der Waals surface area contributed by atoms with Gasteiger partial charge in [-0.05, 0) is 25.0 Å². The summed E-state index contributed by atoms with van der Waals surface area (Å²) in [5.41, 5.74) is 2.03. The molecule has 0 aliphatic heterocycles. The maximum Gasteiger partial charge on any atom is 0.264 e. The second-order valence-electron chi connectivity index (χ2n) is 7.41. The first-order valence-electron chi connectivity index (χ1n) is 9.49. The molecule has 0 aliphatic rings. The number of nitrogens with zero attached hydrogens (tertiary/aromatic N) is 3. The predicted molar refractivity (Wildman–Crippen MR) is 115 cm³/mol. The second kappa shape index (κ2) is 8.97. The smallest absolute Gasteiger partial charge is 0.264 e. The zero-order chi connectivity index (χ0) is 23.5. The number of carbonyl (C=O) groups is 1. The molecule has 1 aromatic carbocycles. The highest BCUT2D eigenvalue weighted by molar-refractivity contribution is 7.92. The van der Waals surface area contributed by atoms with Crippen LogP contribution in [0.1, 0.15) is 13.3 Å². The Balaban J connectivity index is 1.87. The zero-order valence-corrected chi connectivity index (χ0v) is 18.1. The first-order chi connectivity index (χ1) is 15.1. The summed E-state index contributed by atoms with van der Waals surface area (Å²) in [5, 5.41) is 8.88. The normalized spacial score (nSPS) is 13.4. The predicted octanol–water partition coefficient (Wildman–Crippen LogP) is 1.81. The number of carbonyl (C=O) groups excluding carboxylic acids is 1. The van der Waals surface area contributed by atoms with Gasteiger partial charge in [-0.3, -0.25) is 14.8 Å². The minimum Gasteiger partial charge on any atom is -0.312 e. The summed E-state index contributed by atoms with van der Waals surface area (Å²) in [4.78, 5) is 32.7. The van der Waals surface area contributed by atoms with Crippen LogP contribution < -0.4 is 11.0 Å². The summed E-state index contributed by atoms with van der Waals surface area (Å²) < 4.78 is 37.9. The molecule has 0 fully saturated rings. The molecule has 0 aliphatic carbocycles. The molecule has 168 valence electrons. The molecule has 11 heteroatoms.